The first-order valence-electron chi connectivity index (χ1n) is 6.69. The highest BCUT2D eigenvalue weighted by atomic mass is 16.5. The lowest BCUT2D eigenvalue weighted by molar-refractivity contribution is 0.0402. The molecule has 1 aromatic carbocycles. The van der Waals surface area contributed by atoms with E-state index in [4.69, 9.17) is 4.74 Å². The van der Waals surface area contributed by atoms with E-state index in [0.717, 1.165) is 19.6 Å². The maximum Gasteiger partial charge on any atom is 0.0512 e. The van der Waals surface area contributed by atoms with Crippen LogP contribution in [0.2, 0.25) is 0 Å². The van der Waals surface area contributed by atoms with Crippen LogP contribution in [0.15, 0.2) is 24.3 Å². The van der Waals surface area contributed by atoms with Crippen molar-refractivity contribution in [2.24, 2.45) is 5.92 Å². The molecular weight excluding hydrogens is 210 g/mol. The van der Waals surface area contributed by atoms with Crippen molar-refractivity contribution in [1.29, 1.82) is 0 Å². The average Bonchev–Trinajstić information content (AvgIpc) is 2.42. The molecule has 1 heterocycles. The summed E-state index contributed by atoms with van der Waals surface area (Å²) < 4.78 is 5.59. The number of hydrogen-bond acceptors (Lipinski definition) is 2. The zero-order chi connectivity index (χ0) is 12.1. The van der Waals surface area contributed by atoms with Gasteiger partial charge in [-0.2, -0.15) is 0 Å². The molecule has 2 unspecified atom stereocenters. The third-order valence-electron chi connectivity index (χ3n) is 3.73. The average molecular weight is 233 g/mol. The monoisotopic (exact) mass is 233 g/mol. The molecular formula is C15H23NO. The van der Waals surface area contributed by atoms with E-state index in [1.54, 1.807) is 0 Å². The first kappa shape index (κ1) is 12.6. The Labute approximate surface area is 104 Å². The fourth-order valence-electron chi connectivity index (χ4n) is 2.66. The van der Waals surface area contributed by atoms with Gasteiger partial charge in [-0.05, 0) is 37.4 Å². The molecule has 1 aliphatic heterocycles. The number of rotatable bonds is 4. The zero-order valence-electron chi connectivity index (χ0n) is 10.9. The molecule has 2 heteroatoms. The Morgan fingerprint density at radius 3 is 2.65 bits per heavy atom. The van der Waals surface area contributed by atoms with Gasteiger partial charge in [0.1, 0.15) is 0 Å². The second-order valence-electron chi connectivity index (χ2n) is 4.84. The van der Waals surface area contributed by atoms with Crippen LogP contribution in [0.1, 0.15) is 36.9 Å². The molecule has 0 spiro atoms. The van der Waals surface area contributed by atoms with Gasteiger partial charge in [-0.1, -0.05) is 31.2 Å². The summed E-state index contributed by atoms with van der Waals surface area (Å²) in [5.41, 5.74) is 2.80. The highest BCUT2D eigenvalue weighted by Crippen LogP contribution is 2.28. The van der Waals surface area contributed by atoms with Crippen LogP contribution >= 0.6 is 0 Å². The minimum Gasteiger partial charge on any atom is -0.381 e. The number of aryl methyl sites for hydroxylation is 1. The van der Waals surface area contributed by atoms with E-state index in [-0.39, 0.29) is 0 Å². The molecule has 17 heavy (non-hydrogen) atoms. The van der Waals surface area contributed by atoms with Gasteiger partial charge < -0.3 is 10.1 Å². The molecule has 0 amide bonds. The van der Waals surface area contributed by atoms with Gasteiger partial charge in [-0.25, -0.2) is 0 Å². The van der Waals surface area contributed by atoms with Gasteiger partial charge in [-0.15, -0.1) is 0 Å². The molecule has 0 bridgehead atoms. The SMILES string of the molecule is CCc1ccc(C(NC)C2CCCOC2)cc1. The van der Waals surface area contributed by atoms with Gasteiger partial charge in [0.25, 0.3) is 0 Å². The number of ether oxygens (including phenoxy) is 1. The Bertz CT molecular complexity index is 327. The third kappa shape index (κ3) is 3.08. The van der Waals surface area contributed by atoms with Crippen LogP contribution in [-0.4, -0.2) is 20.3 Å². The predicted octanol–water partition coefficient (Wildman–Crippen LogP) is 2.94. The van der Waals surface area contributed by atoms with Crippen LogP contribution in [0, 0.1) is 5.92 Å². The molecule has 1 aliphatic rings. The van der Waals surface area contributed by atoms with Crippen LogP contribution in [0.25, 0.3) is 0 Å². The Kier molecular flexibility index (Phi) is 4.57. The fourth-order valence-corrected chi connectivity index (χ4v) is 2.66. The molecule has 2 atom stereocenters. The highest BCUT2D eigenvalue weighted by molar-refractivity contribution is 5.25. The minimum absolute atomic E-state index is 0.432. The topological polar surface area (TPSA) is 21.3 Å². The summed E-state index contributed by atoms with van der Waals surface area (Å²) >= 11 is 0. The quantitative estimate of drug-likeness (QED) is 0.863. The Hall–Kier alpha value is -0.860. The molecule has 1 saturated heterocycles. The molecule has 0 radical (unpaired) electrons. The predicted molar refractivity (Wildman–Crippen MR) is 71.2 cm³/mol. The molecule has 2 rings (SSSR count). The molecule has 0 saturated carbocycles. The number of benzene rings is 1. The van der Waals surface area contributed by atoms with Crippen molar-refractivity contribution in [2.45, 2.75) is 32.2 Å². The van der Waals surface area contributed by atoms with E-state index < -0.39 is 0 Å². The van der Waals surface area contributed by atoms with Crippen LogP contribution in [0.4, 0.5) is 0 Å². The van der Waals surface area contributed by atoms with Crippen LogP contribution < -0.4 is 5.32 Å². The van der Waals surface area contributed by atoms with Crippen LogP contribution in [0.5, 0.6) is 0 Å². The highest BCUT2D eigenvalue weighted by Gasteiger charge is 2.24. The standard InChI is InChI=1S/C15H23NO/c1-3-12-6-8-13(9-7-12)15(16-2)14-5-4-10-17-11-14/h6-9,14-16H,3-5,10-11H2,1-2H3. The minimum atomic E-state index is 0.432. The fraction of sp³-hybridized carbons (Fsp3) is 0.600. The van der Waals surface area contributed by atoms with Gasteiger partial charge in [0.15, 0.2) is 0 Å². The van der Waals surface area contributed by atoms with E-state index in [9.17, 15) is 0 Å². The molecule has 1 N–H and O–H groups in total. The molecule has 94 valence electrons. The van der Waals surface area contributed by atoms with Crippen molar-refractivity contribution in [3.05, 3.63) is 35.4 Å². The maximum absolute atomic E-state index is 5.59. The van der Waals surface area contributed by atoms with Gasteiger partial charge in [0.2, 0.25) is 0 Å². The molecule has 1 aromatic rings. The van der Waals surface area contributed by atoms with E-state index in [0.29, 0.717) is 12.0 Å². The lowest BCUT2D eigenvalue weighted by atomic mass is 9.88. The van der Waals surface area contributed by atoms with E-state index in [2.05, 4.69) is 36.5 Å². The first-order chi connectivity index (χ1) is 8.35. The number of nitrogens with one attached hydrogen (secondary N) is 1. The summed E-state index contributed by atoms with van der Waals surface area (Å²) in [5, 5.41) is 3.45. The Morgan fingerprint density at radius 1 is 1.35 bits per heavy atom. The summed E-state index contributed by atoms with van der Waals surface area (Å²) in [4.78, 5) is 0. The van der Waals surface area contributed by atoms with Crippen molar-refractivity contribution in [2.75, 3.05) is 20.3 Å². The lowest BCUT2D eigenvalue weighted by Crippen LogP contribution is -2.31. The Morgan fingerprint density at radius 2 is 2.12 bits per heavy atom. The number of hydrogen-bond donors (Lipinski definition) is 1. The van der Waals surface area contributed by atoms with Gasteiger partial charge in [0.05, 0.1) is 6.61 Å². The summed E-state index contributed by atoms with van der Waals surface area (Å²) in [6.07, 6.45) is 3.56. The summed E-state index contributed by atoms with van der Waals surface area (Å²) in [6, 6.07) is 9.43. The molecule has 2 nitrogen and oxygen atoms in total. The summed E-state index contributed by atoms with van der Waals surface area (Å²) in [5.74, 6) is 0.612. The zero-order valence-corrected chi connectivity index (χ0v) is 10.9. The summed E-state index contributed by atoms with van der Waals surface area (Å²) in [7, 11) is 2.05. The lowest BCUT2D eigenvalue weighted by Gasteiger charge is -2.30. The largest absolute Gasteiger partial charge is 0.381 e. The van der Waals surface area contributed by atoms with Crippen LogP contribution in [0.3, 0.4) is 0 Å². The van der Waals surface area contributed by atoms with Crippen molar-refractivity contribution < 1.29 is 4.74 Å². The van der Waals surface area contributed by atoms with E-state index in [1.807, 2.05) is 7.05 Å². The molecule has 0 aromatic heterocycles. The van der Waals surface area contributed by atoms with Crippen molar-refractivity contribution >= 4 is 0 Å². The second-order valence-corrected chi connectivity index (χ2v) is 4.84. The van der Waals surface area contributed by atoms with Gasteiger partial charge in [-0.3, -0.25) is 0 Å². The smallest absolute Gasteiger partial charge is 0.0512 e. The van der Waals surface area contributed by atoms with Crippen molar-refractivity contribution in [3.63, 3.8) is 0 Å². The van der Waals surface area contributed by atoms with Crippen molar-refractivity contribution in [1.82, 2.24) is 5.32 Å². The maximum atomic E-state index is 5.59. The first-order valence-corrected chi connectivity index (χ1v) is 6.69. The molecule has 0 aliphatic carbocycles. The second kappa shape index (κ2) is 6.18. The van der Waals surface area contributed by atoms with E-state index in [1.165, 1.54) is 24.0 Å². The van der Waals surface area contributed by atoms with Gasteiger partial charge in [0, 0.05) is 18.6 Å². The molecule has 1 fully saturated rings. The van der Waals surface area contributed by atoms with E-state index >= 15 is 0 Å². The normalized spacial score (nSPS) is 22.4. The van der Waals surface area contributed by atoms with Gasteiger partial charge >= 0.3 is 0 Å². The third-order valence-corrected chi connectivity index (χ3v) is 3.73. The van der Waals surface area contributed by atoms with Crippen molar-refractivity contribution in [3.8, 4) is 0 Å². The Balaban J connectivity index is 2.10. The summed E-state index contributed by atoms with van der Waals surface area (Å²) in [6.45, 7) is 4.02. The van der Waals surface area contributed by atoms with Crippen LogP contribution in [-0.2, 0) is 11.2 Å².